The maximum absolute atomic E-state index is 11.8. The van der Waals surface area contributed by atoms with Crippen LogP contribution >= 0.6 is 23.5 Å². The minimum atomic E-state index is -5.71. The summed E-state index contributed by atoms with van der Waals surface area (Å²) in [5.41, 5.74) is 10.5. The Bertz CT molecular complexity index is 975. The molecule has 18 nitrogen and oxygen atoms in total. The number of ether oxygens (including phenoxy) is 1. The van der Waals surface area contributed by atoms with Gasteiger partial charge < -0.3 is 50.9 Å². The summed E-state index contributed by atoms with van der Waals surface area (Å²) in [4.78, 5) is 44.4. The molecule has 0 aromatic heterocycles. The summed E-state index contributed by atoms with van der Waals surface area (Å²) in [7, 11) is -16.7. The van der Waals surface area contributed by atoms with Gasteiger partial charge in [0.05, 0.1) is 6.61 Å². The third-order valence-electron chi connectivity index (χ3n) is 3.60. The Morgan fingerprint density at radius 2 is 1.78 bits per heavy atom. The maximum Gasteiger partial charge on any atom is 0.490 e. The van der Waals surface area contributed by atoms with Gasteiger partial charge in [-0.25, -0.2) is 18.7 Å². The van der Waals surface area contributed by atoms with Crippen molar-refractivity contribution in [2.24, 2.45) is 21.5 Å². The summed E-state index contributed by atoms with van der Waals surface area (Å²) in [6, 6.07) is 0. The highest BCUT2D eigenvalue weighted by Gasteiger charge is 2.48. The van der Waals surface area contributed by atoms with Gasteiger partial charge in [0.25, 0.3) is 0 Å². The van der Waals surface area contributed by atoms with Gasteiger partial charge in [0.2, 0.25) is 0 Å². The summed E-state index contributed by atoms with van der Waals surface area (Å²) in [5.74, 6) is -0.186. The van der Waals surface area contributed by atoms with Gasteiger partial charge in [-0.1, -0.05) is 6.58 Å². The molecule has 2 heterocycles. The lowest BCUT2D eigenvalue weighted by Crippen LogP contribution is -2.41. The van der Waals surface area contributed by atoms with Crippen molar-refractivity contribution in [3.8, 4) is 0 Å². The molecule has 182 valence electrons. The number of phosphoric ester groups is 1. The van der Waals surface area contributed by atoms with Crippen molar-refractivity contribution in [3.63, 3.8) is 0 Å². The van der Waals surface area contributed by atoms with Crippen molar-refractivity contribution in [2.45, 2.75) is 24.5 Å². The molecule has 2 rings (SSSR count). The summed E-state index contributed by atoms with van der Waals surface area (Å²) in [6.45, 7) is 2.66. The number of phosphoric acid groups is 3. The van der Waals surface area contributed by atoms with Crippen LogP contribution in [0.5, 0.6) is 0 Å². The number of hydrogen-bond acceptors (Lipinski definition) is 12. The van der Waals surface area contributed by atoms with E-state index >= 15 is 0 Å². The number of amidine groups is 1. The Morgan fingerprint density at radius 1 is 1.16 bits per heavy atom. The Morgan fingerprint density at radius 3 is 2.31 bits per heavy atom. The monoisotopic (exact) mass is 523 g/mol. The second kappa shape index (κ2) is 9.79. The van der Waals surface area contributed by atoms with Gasteiger partial charge in [-0.3, -0.25) is 4.52 Å². The largest absolute Gasteiger partial charge is 0.490 e. The number of aliphatic hydroxyl groups excluding tert-OH is 2. The Balaban J connectivity index is 2.01. The lowest BCUT2D eigenvalue weighted by atomic mass is 10.1. The highest BCUT2D eigenvalue weighted by molar-refractivity contribution is 7.66. The Labute approximate surface area is 179 Å². The van der Waals surface area contributed by atoms with Gasteiger partial charge in [-0.2, -0.15) is 13.6 Å². The van der Waals surface area contributed by atoms with Crippen LogP contribution in [0.25, 0.3) is 0 Å². The number of aliphatic hydroxyl groups is 2. The molecule has 10 N–H and O–H groups in total. The predicted octanol–water partition coefficient (Wildman–Crippen LogP) is -2.25. The molecular formula is C11H20N5O13P3. The Kier molecular flexibility index (Phi) is 8.18. The number of nitrogens with zero attached hydrogens (tertiary/aromatic N) is 3. The van der Waals surface area contributed by atoms with Gasteiger partial charge in [0, 0.05) is 6.20 Å². The van der Waals surface area contributed by atoms with Gasteiger partial charge in [-0.05, 0) is 6.08 Å². The quantitative estimate of drug-likeness (QED) is 0.0946. The molecular weight excluding hydrogens is 503 g/mol. The first-order valence-electron chi connectivity index (χ1n) is 8.13. The number of hydrogen-bond donors (Lipinski definition) is 8. The summed E-state index contributed by atoms with van der Waals surface area (Å²) < 4.78 is 50.6. The maximum atomic E-state index is 11.8. The van der Waals surface area contributed by atoms with Crippen LogP contribution in [0, 0.1) is 0 Å². The van der Waals surface area contributed by atoms with Crippen LogP contribution in [0.4, 0.5) is 0 Å². The van der Waals surface area contributed by atoms with Crippen LogP contribution in [0.15, 0.2) is 34.7 Å². The van der Waals surface area contributed by atoms with E-state index in [0.29, 0.717) is 0 Å². The average Bonchev–Trinajstić information content (AvgIpc) is 2.85. The van der Waals surface area contributed by atoms with Crippen LogP contribution < -0.4 is 11.5 Å². The topological polar surface area (TPSA) is 290 Å². The van der Waals surface area contributed by atoms with E-state index in [-0.39, 0.29) is 17.6 Å². The molecule has 3 unspecified atom stereocenters. The van der Waals surface area contributed by atoms with Crippen molar-refractivity contribution in [2.75, 3.05) is 6.61 Å². The van der Waals surface area contributed by atoms with E-state index in [1.54, 1.807) is 0 Å². The van der Waals surface area contributed by atoms with Gasteiger partial charge in [-0.15, -0.1) is 0 Å². The predicted molar refractivity (Wildman–Crippen MR) is 104 cm³/mol. The minimum Gasteiger partial charge on any atom is -0.387 e. The fourth-order valence-electron chi connectivity index (χ4n) is 2.45. The normalized spacial score (nSPS) is 29.9. The fraction of sp³-hybridized carbons (Fsp3) is 0.455. The summed E-state index contributed by atoms with van der Waals surface area (Å²) >= 11 is 0. The summed E-state index contributed by atoms with van der Waals surface area (Å²) in [5, 5.41) is 20.4. The highest BCUT2D eigenvalue weighted by Crippen LogP contribution is 2.66. The molecule has 0 aromatic rings. The van der Waals surface area contributed by atoms with E-state index in [9.17, 15) is 28.8 Å². The molecule has 2 aliphatic heterocycles. The third kappa shape index (κ3) is 7.54. The van der Waals surface area contributed by atoms with Gasteiger partial charge in [0.15, 0.2) is 18.0 Å². The second-order valence-electron chi connectivity index (χ2n) is 6.08. The molecule has 0 radical (unpaired) electrons. The van der Waals surface area contributed by atoms with Crippen LogP contribution in [0.3, 0.4) is 0 Å². The summed E-state index contributed by atoms with van der Waals surface area (Å²) in [6.07, 6.45) is -3.40. The molecule has 0 aromatic carbocycles. The number of guanidine groups is 1. The van der Waals surface area contributed by atoms with Crippen LogP contribution in [0.2, 0.25) is 0 Å². The van der Waals surface area contributed by atoms with Crippen molar-refractivity contribution < 1.29 is 61.4 Å². The molecule has 0 bridgehead atoms. The van der Waals surface area contributed by atoms with Crippen molar-refractivity contribution in [1.29, 1.82) is 0 Å². The van der Waals surface area contributed by atoms with E-state index in [4.69, 9.17) is 30.9 Å². The van der Waals surface area contributed by atoms with Crippen LogP contribution in [0.1, 0.15) is 0 Å². The number of aliphatic imine (C=N–C) groups is 2. The zero-order valence-electron chi connectivity index (χ0n) is 15.8. The van der Waals surface area contributed by atoms with Crippen molar-refractivity contribution in [3.05, 3.63) is 24.7 Å². The van der Waals surface area contributed by atoms with E-state index in [2.05, 4.69) is 29.7 Å². The first-order chi connectivity index (χ1) is 14.5. The fourth-order valence-corrected chi connectivity index (χ4v) is 5.48. The molecule has 0 spiro atoms. The molecule has 21 heteroatoms. The lowest BCUT2D eigenvalue weighted by molar-refractivity contribution is -0.0684. The standard InChI is InChI=1S/C11H20N5O13P3/c1-5-14-7(15-11(12)13)2-3-16(5)10-9(18)8(17)6(27-10)4-26-31(22,23)29-32(24,25)28-30(19,20)21/h2-3,6,8-10,17-18H,1,4H2,(H,22,23)(H,24,25)(H2,19,20,21)(H4,12,13,14,15)/t6-,8+,9?,10-/m1/s1. The molecule has 32 heavy (non-hydrogen) atoms. The molecule has 0 aliphatic carbocycles. The molecule has 1 fully saturated rings. The first-order valence-corrected chi connectivity index (χ1v) is 12.7. The van der Waals surface area contributed by atoms with Crippen molar-refractivity contribution >= 4 is 35.3 Å². The van der Waals surface area contributed by atoms with E-state index in [1.807, 2.05) is 0 Å². The van der Waals surface area contributed by atoms with Crippen LogP contribution in [-0.4, -0.2) is 77.6 Å². The molecule has 0 amide bonds. The molecule has 0 saturated carbocycles. The van der Waals surface area contributed by atoms with E-state index in [1.165, 1.54) is 17.2 Å². The highest BCUT2D eigenvalue weighted by atomic mass is 31.3. The lowest BCUT2D eigenvalue weighted by Gasteiger charge is -2.30. The molecule has 6 atom stereocenters. The SMILES string of the molecule is C=C1N=C(N=C(N)N)C=CN1[C@@H]1O[C@H](COP(=O)(O)OP(=O)(O)OP(=O)(O)O)[C@H](O)C1O. The smallest absolute Gasteiger partial charge is 0.387 e. The van der Waals surface area contributed by atoms with Gasteiger partial charge >= 0.3 is 23.5 Å². The first kappa shape index (κ1) is 26.8. The number of nitrogens with two attached hydrogens (primary N) is 2. The molecule has 1 saturated heterocycles. The minimum absolute atomic E-state index is 0.00251. The molecule has 2 aliphatic rings. The second-order valence-corrected chi connectivity index (χ2v) is 10.5. The van der Waals surface area contributed by atoms with E-state index in [0.717, 1.165) is 0 Å². The zero-order chi connectivity index (χ0) is 24.5. The average molecular weight is 523 g/mol. The van der Waals surface area contributed by atoms with Gasteiger partial charge in [0.1, 0.15) is 24.1 Å². The Hall–Kier alpha value is -1.49. The zero-order valence-corrected chi connectivity index (χ0v) is 18.4. The number of rotatable bonds is 8. The van der Waals surface area contributed by atoms with E-state index < -0.39 is 54.6 Å². The van der Waals surface area contributed by atoms with Crippen LogP contribution in [-0.2, 0) is 31.6 Å². The third-order valence-corrected chi connectivity index (χ3v) is 7.40. The van der Waals surface area contributed by atoms with Crippen molar-refractivity contribution in [1.82, 2.24) is 4.90 Å².